The van der Waals surface area contributed by atoms with E-state index >= 15 is 0 Å². The molecule has 1 aromatic rings. The van der Waals surface area contributed by atoms with Crippen molar-refractivity contribution in [2.45, 2.75) is 52.3 Å². The Bertz CT molecular complexity index is 610. The second-order valence-electron chi connectivity index (χ2n) is 6.68. The van der Waals surface area contributed by atoms with E-state index in [0.29, 0.717) is 25.3 Å². The van der Waals surface area contributed by atoms with E-state index in [2.05, 4.69) is 10.3 Å². The molecule has 2 amide bonds. The third kappa shape index (κ3) is 4.34. The van der Waals surface area contributed by atoms with Gasteiger partial charge in [0, 0.05) is 18.8 Å². The molecule has 0 saturated carbocycles. The van der Waals surface area contributed by atoms with Crippen molar-refractivity contribution in [2.24, 2.45) is 0 Å². The second-order valence-corrected chi connectivity index (χ2v) is 6.68. The van der Waals surface area contributed by atoms with Crippen LogP contribution in [0.15, 0.2) is 12.1 Å². The Balaban J connectivity index is 1.90. The maximum Gasteiger partial charge on any atom is 0.410 e. The number of carbonyl (C=O) groups excluding carboxylic acids is 2. The number of aromatic nitrogens is 1. The molecule has 1 fully saturated rings. The number of nitrogens with two attached hydrogens (primary N) is 1. The molecule has 1 atom stereocenters. The van der Waals surface area contributed by atoms with Crippen LogP contribution in [-0.2, 0) is 16.1 Å². The maximum atomic E-state index is 12.3. The van der Waals surface area contributed by atoms with Gasteiger partial charge in [-0.05, 0) is 45.7 Å². The molecule has 1 aromatic heterocycles. The Hall–Kier alpha value is -2.31. The number of aryl methyl sites for hydroxylation is 1. The van der Waals surface area contributed by atoms with Crippen LogP contribution in [-0.4, -0.2) is 40.1 Å². The van der Waals surface area contributed by atoms with Gasteiger partial charge in [-0.15, -0.1) is 0 Å². The Labute approximate surface area is 136 Å². The van der Waals surface area contributed by atoms with E-state index in [1.54, 1.807) is 26.8 Å². The number of nitrogens with one attached hydrogen (secondary N) is 1. The lowest BCUT2D eigenvalue weighted by molar-refractivity contribution is -0.130. The molecule has 126 valence electrons. The zero-order valence-corrected chi connectivity index (χ0v) is 14.0. The minimum atomic E-state index is -0.569. The van der Waals surface area contributed by atoms with Crippen LogP contribution in [0, 0.1) is 6.92 Å². The predicted octanol–water partition coefficient (Wildman–Crippen LogP) is 1.60. The van der Waals surface area contributed by atoms with Crippen molar-refractivity contribution >= 4 is 17.8 Å². The SMILES string of the molecule is Cc1nc(N)ccc1CNC(=O)[C@@H]1CCN1C(=O)OC(C)(C)C. The summed E-state index contributed by atoms with van der Waals surface area (Å²) >= 11 is 0. The molecule has 3 N–H and O–H groups in total. The molecule has 1 saturated heterocycles. The van der Waals surface area contributed by atoms with E-state index < -0.39 is 17.7 Å². The number of nitrogens with zero attached hydrogens (tertiary/aromatic N) is 2. The molecular formula is C16H24N4O3. The zero-order chi connectivity index (χ0) is 17.2. The molecule has 1 aliphatic heterocycles. The first-order chi connectivity index (χ1) is 10.7. The molecular weight excluding hydrogens is 296 g/mol. The van der Waals surface area contributed by atoms with Crippen LogP contribution in [0.4, 0.5) is 10.6 Å². The summed E-state index contributed by atoms with van der Waals surface area (Å²) < 4.78 is 5.30. The summed E-state index contributed by atoms with van der Waals surface area (Å²) in [5, 5.41) is 2.84. The van der Waals surface area contributed by atoms with Crippen molar-refractivity contribution in [1.82, 2.24) is 15.2 Å². The molecule has 0 bridgehead atoms. The Morgan fingerprint density at radius 2 is 2.13 bits per heavy atom. The van der Waals surface area contributed by atoms with Gasteiger partial charge in [0.15, 0.2) is 0 Å². The average Bonchev–Trinajstić information content (AvgIpc) is 2.33. The van der Waals surface area contributed by atoms with Gasteiger partial charge in [-0.1, -0.05) is 6.07 Å². The molecule has 1 aliphatic rings. The third-order valence-corrected chi connectivity index (χ3v) is 3.62. The van der Waals surface area contributed by atoms with Gasteiger partial charge in [0.1, 0.15) is 17.5 Å². The van der Waals surface area contributed by atoms with Crippen molar-refractivity contribution in [2.75, 3.05) is 12.3 Å². The average molecular weight is 320 g/mol. The lowest BCUT2D eigenvalue weighted by Gasteiger charge is -2.40. The fourth-order valence-electron chi connectivity index (χ4n) is 2.30. The molecule has 0 unspecified atom stereocenters. The van der Waals surface area contributed by atoms with Gasteiger partial charge in [0.05, 0.1) is 0 Å². The summed E-state index contributed by atoms with van der Waals surface area (Å²) in [5.41, 5.74) is 6.72. The largest absolute Gasteiger partial charge is 0.444 e. The molecule has 0 radical (unpaired) electrons. The zero-order valence-electron chi connectivity index (χ0n) is 14.0. The van der Waals surface area contributed by atoms with Gasteiger partial charge >= 0.3 is 6.09 Å². The van der Waals surface area contributed by atoms with E-state index in [0.717, 1.165) is 11.3 Å². The molecule has 0 aliphatic carbocycles. The topological polar surface area (TPSA) is 97.5 Å². The highest BCUT2D eigenvalue weighted by atomic mass is 16.6. The normalized spacial score (nSPS) is 17.4. The molecule has 0 spiro atoms. The number of likely N-dealkylation sites (tertiary alicyclic amines) is 1. The van der Waals surface area contributed by atoms with Crippen molar-refractivity contribution in [3.63, 3.8) is 0 Å². The van der Waals surface area contributed by atoms with E-state index in [9.17, 15) is 9.59 Å². The summed E-state index contributed by atoms with van der Waals surface area (Å²) in [5.74, 6) is 0.269. The van der Waals surface area contributed by atoms with E-state index in [4.69, 9.17) is 10.5 Å². The minimum absolute atomic E-state index is 0.182. The minimum Gasteiger partial charge on any atom is -0.444 e. The number of nitrogen functional groups attached to an aromatic ring is 1. The smallest absolute Gasteiger partial charge is 0.410 e. The predicted molar refractivity (Wildman–Crippen MR) is 86.6 cm³/mol. The highest BCUT2D eigenvalue weighted by Crippen LogP contribution is 2.21. The van der Waals surface area contributed by atoms with Crippen LogP contribution in [0.2, 0.25) is 0 Å². The molecule has 7 nitrogen and oxygen atoms in total. The van der Waals surface area contributed by atoms with Crippen LogP contribution in [0.1, 0.15) is 38.4 Å². The number of pyridine rings is 1. The highest BCUT2D eigenvalue weighted by Gasteiger charge is 2.39. The fourth-order valence-corrected chi connectivity index (χ4v) is 2.30. The molecule has 2 heterocycles. The van der Waals surface area contributed by atoms with Crippen LogP contribution < -0.4 is 11.1 Å². The van der Waals surface area contributed by atoms with E-state index in [1.807, 2.05) is 13.0 Å². The van der Waals surface area contributed by atoms with E-state index in [-0.39, 0.29) is 5.91 Å². The first-order valence-electron chi connectivity index (χ1n) is 7.67. The van der Waals surface area contributed by atoms with Gasteiger partial charge in [0.2, 0.25) is 5.91 Å². The Morgan fingerprint density at radius 3 is 2.65 bits per heavy atom. The van der Waals surface area contributed by atoms with Crippen LogP contribution >= 0.6 is 0 Å². The second kappa shape index (κ2) is 6.44. The number of hydrogen-bond donors (Lipinski definition) is 2. The fraction of sp³-hybridized carbons (Fsp3) is 0.562. The quantitative estimate of drug-likeness (QED) is 0.881. The van der Waals surface area contributed by atoms with Crippen LogP contribution in [0.25, 0.3) is 0 Å². The summed E-state index contributed by atoms with van der Waals surface area (Å²) in [6.45, 7) is 8.14. The van der Waals surface area contributed by atoms with Gasteiger partial charge in [0.25, 0.3) is 0 Å². The summed E-state index contributed by atoms with van der Waals surface area (Å²) in [7, 11) is 0. The van der Waals surface area contributed by atoms with Crippen LogP contribution in [0.3, 0.4) is 0 Å². The van der Waals surface area contributed by atoms with Crippen LogP contribution in [0.5, 0.6) is 0 Å². The van der Waals surface area contributed by atoms with Gasteiger partial charge < -0.3 is 15.8 Å². The molecule has 0 aromatic carbocycles. The lowest BCUT2D eigenvalue weighted by Crippen LogP contribution is -2.59. The molecule has 2 rings (SSSR count). The van der Waals surface area contributed by atoms with Crippen molar-refractivity contribution in [1.29, 1.82) is 0 Å². The van der Waals surface area contributed by atoms with Crippen molar-refractivity contribution in [3.8, 4) is 0 Å². The monoisotopic (exact) mass is 320 g/mol. The standard InChI is InChI=1S/C16H24N4O3/c1-10-11(5-6-13(17)19-10)9-18-14(21)12-7-8-20(12)15(22)23-16(2,3)4/h5-6,12H,7-9H2,1-4H3,(H2,17,19)(H,18,21)/t12-/m0/s1. The third-order valence-electron chi connectivity index (χ3n) is 3.62. The van der Waals surface area contributed by atoms with Crippen molar-refractivity contribution < 1.29 is 14.3 Å². The molecule has 7 heteroatoms. The number of anilines is 1. The summed E-state index contributed by atoms with van der Waals surface area (Å²) in [4.78, 5) is 29.9. The van der Waals surface area contributed by atoms with E-state index in [1.165, 1.54) is 4.90 Å². The van der Waals surface area contributed by atoms with Crippen molar-refractivity contribution in [3.05, 3.63) is 23.4 Å². The number of amides is 2. The summed E-state index contributed by atoms with van der Waals surface area (Å²) in [6.07, 6.45) is 0.193. The first kappa shape index (κ1) is 17.1. The number of hydrogen-bond acceptors (Lipinski definition) is 5. The number of rotatable bonds is 3. The lowest BCUT2D eigenvalue weighted by atomic mass is 10.0. The maximum absolute atomic E-state index is 12.3. The number of carbonyl (C=O) groups is 2. The molecule has 23 heavy (non-hydrogen) atoms. The first-order valence-corrected chi connectivity index (χ1v) is 7.67. The number of ether oxygens (including phenoxy) is 1. The Kier molecular flexibility index (Phi) is 4.77. The highest BCUT2D eigenvalue weighted by molar-refractivity contribution is 5.87. The Morgan fingerprint density at radius 1 is 1.43 bits per heavy atom. The van der Waals surface area contributed by atoms with Gasteiger partial charge in [-0.2, -0.15) is 0 Å². The van der Waals surface area contributed by atoms with Gasteiger partial charge in [-0.3, -0.25) is 9.69 Å². The summed E-state index contributed by atoms with van der Waals surface area (Å²) in [6, 6.07) is 3.07. The van der Waals surface area contributed by atoms with Gasteiger partial charge in [-0.25, -0.2) is 9.78 Å².